The van der Waals surface area contributed by atoms with Gasteiger partial charge in [0.2, 0.25) is 5.83 Å². The van der Waals surface area contributed by atoms with Crippen LogP contribution in [0.5, 0.6) is 5.75 Å². The summed E-state index contributed by atoms with van der Waals surface area (Å²) in [6, 6.07) is 4.14. The van der Waals surface area contributed by atoms with Crippen molar-refractivity contribution in [3.05, 3.63) is 58.2 Å². The summed E-state index contributed by atoms with van der Waals surface area (Å²) < 4.78 is 40.0. The molecule has 0 fully saturated rings. The van der Waals surface area contributed by atoms with Gasteiger partial charge in [0.1, 0.15) is 11.6 Å². The van der Waals surface area contributed by atoms with E-state index in [2.05, 4.69) is 44.6 Å². The van der Waals surface area contributed by atoms with E-state index >= 15 is 4.39 Å². The molecule has 0 amide bonds. The van der Waals surface area contributed by atoms with Gasteiger partial charge in [-0.25, -0.2) is 9.18 Å². The van der Waals surface area contributed by atoms with Crippen LogP contribution in [0.15, 0.2) is 41.5 Å². The summed E-state index contributed by atoms with van der Waals surface area (Å²) in [7, 11) is 0. The van der Waals surface area contributed by atoms with Crippen LogP contribution in [0.1, 0.15) is 91.3 Å². The minimum Gasteiger partial charge on any atom is -0.493 e. The maximum atomic E-state index is 15.2. The summed E-state index contributed by atoms with van der Waals surface area (Å²) in [6.45, 7) is 16.3. The van der Waals surface area contributed by atoms with Crippen LogP contribution < -0.4 is 4.74 Å². The van der Waals surface area contributed by atoms with Gasteiger partial charge < -0.3 is 9.47 Å². The van der Waals surface area contributed by atoms with Gasteiger partial charge in [-0.1, -0.05) is 40.7 Å². The van der Waals surface area contributed by atoms with E-state index in [4.69, 9.17) is 4.74 Å². The third-order valence-corrected chi connectivity index (χ3v) is 6.46. The first kappa shape index (κ1) is 26.8. The van der Waals surface area contributed by atoms with Gasteiger partial charge in [-0.15, -0.1) is 0 Å². The van der Waals surface area contributed by atoms with Crippen LogP contribution in [0.25, 0.3) is 5.57 Å². The Bertz CT molecular complexity index is 981. The van der Waals surface area contributed by atoms with E-state index in [-0.39, 0.29) is 23.0 Å². The maximum Gasteiger partial charge on any atom is 0.367 e. The molecule has 0 unspecified atom stereocenters. The van der Waals surface area contributed by atoms with Crippen molar-refractivity contribution in [2.24, 2.45) is 0 Å². The number of carbonyl (C=O) groups is 1. The van der Waals surface area contributed by atoms with Gasteiger partial charge in [0, 0.05) is 5.56 Å². The predicted molar refractivity (Wildman–Crippen MR) is 131 cm³/mol. The molecule has 1 aliphatic carbocycles. The molecule has 5 heteroatoms. The van der Waals surface area contributed by atoms with E-state index in [1.807, 2.05) is 6.92 Å². The Morgan fingerprint density at radius 2 is 1.58 bits per heavy atom. The van der Waals surface area contributed by atoms with Gasteiger partial charge in [0.25, 0.3) is 0 Å². The Labute approximate surface area is 197 Å². The van der Waals surface area contributed by atoms with Crippen molar-refractivity contribution in [2.75, 3.05) is 13.2 Å². The van der Waals surface area contributed by atoms with Gasteiger partial charge in [0.05, 0.1) is 13.2 Å². The second-order valence-electron chi connectivity index (χ2n) is 10.0. The van der Waals surface area contributed by atoms with Gasteiger partial charge >= 0.3 is 5.97 Å². The fraction of sp³-hybridized carbons (Fsp3) is 0.536. The molecule has 0 heterocycles. The number of benzene rings is 1. The average molecular weight is 461 g/mol. The molecule has 0 spiro atoms. The number of rotatable bonds is 8. The first-order chi connectivity index (χ1) is 15.4. The number of ether oxygens (including phenoxy) is 2. The van der Waals surface area contributed by atoms with Crippen LogP contribution in [-0.2, 0) is 20.4 Å². The fourth-order valence-corrected chi connectivity index (χ4v) is 4.10. The number of hydrogen-bond donors (Lipinski definition) is 0. The Morgan fingerprint density at radius 1 is 1.00 bits per heavy atom. The molecule has 3 nitrogen and oxygen atoms in total. The molecule has 182 valence electrons. The highest BCUT2D eigenvalue weighted by Gasteiger charge is 2.38. The lowest BCUT2D eigenvalue weighted by Crippen LogP contribution is -2.34. The second kappa shape index (κ2) is 10.7. The Hall–Kier alpha value is -2.43. The largest absolute Gasteiger partial charge is 0.493 e. The number of carbonyl (C=O) groups excluding carboxylic acids is 1. The molecule has 0 radical (unpaired) electrons. The van der Waals surface area contributed by atoms with Crippen molar-refractivity contribution in [1.29, 1.82) is 0 Å². The molecule has 0 N–H and O–H groups in total. The van der Waals surface area contributed by atoms with Crippen molar-refractivity contribution in [3.8, 4) is 5.75 Å². The highest BCUT2D eigenvalue weighted by Crippen LogP contribution is 2.48. The Morgan fingerprint density at radius 3 is 2.12 bits per heavy atom. The molecule has 1 aliphatic rings. The first-order valence-electron chi connectivity index (χ1n) is 11.8. The van der Waals surface area contributed by atoms with E-state index in [1.165, 1.54) is 30.2 Å². The van der Waals surface area contributed by atoms with Crippen molar-refractivity contribution in [1.82, 2.24) is 0 Å². The SMILES string of the molecule is CCCOc1cc2c(cc1\C(C)=C(F)/C=C/C(C)=C(\F)C(=O)OCC)C(C)(C)CCC2(C)C. The molecule has 0 atom stereocenters. The van der Waals surface area contributed by atoms with Crippen LogP contribution in [-0.4, -0.2) is 19.2 Å². The normalized spacial score (nSPS) is 18.4. The van der Waals surface area contributed by atoms with Crippen LogP contribution in [0.4, 0.5) is 8.78 Å². The molecule has 0 aromatic heterocycles. The second-order valence-corrected chi connectivity index (χ2v) is 10.0. The van der Waals surface area contributed by atoms with Gasteiger partial charge in [0.15, 0.2) is 0 Å². The minimum atomic E-state index is -1.05. The lowest BCUT2D eigenvalue weighted by molar-refractivity contribution is -0.140. The summed E-state index contributed by atoms with van der Waals surface area (Å²) in [5.74, 6) is -1.92. The number of halogens is 2. The Kier molecular flexibility index (Phi) is 8.67. The molecule has 0 saturated carbocycles. The van der Waals surface area contributed by atoms with Gasteiger partial charge in [-0.05, 0) is 91.3 Å². The molecule has 1 aromatic carbocycles. The summed E-state index contributed by atoms with van der Waals surface area (Å²) in [5.41, 5.74) is 3.54. The lowest BCUT2D eigenvalue weighted by Gasteiger charge is -2.42. The summed E-state index contributed by atoms with van der Waals surface area (Å²) in [5, 5.41) is 0. The summed E-state index contributed by atoms with van der Waals surface area (Å²) >= 11 is 0. The third kappa shape index (κ3) is 6.13. The molecule has 1 aromatic rings. The van der Waals surface area contributed by atoms with Crippen molar-refractivity contribution in [2.45, 2.75) is 85.5 Å². The Balaban J connectivity index is 2.58. The topological polar surface area (TPSA) is 35.5 Å². The van der Waals surface area contributed by atoms with E-state index in [9.17, 15) is 9.18 Å². The first-order valence-corrected chi connectivity index (χ1v) is 11.8. The monoisotopic (exact) mass is 460 g/mol. The number of esters is 1. The van der Waals surface area contributed by atoms with Crippen molar-refractivity contribution in [3.63, 3.8) is 0 Å². The van der Waals surface area contributed by atoms with Gasteiger partial charge in [-0.3, -0.25) is 0 Å². The fourth-order valence-electron chi connectivity index (χ4n) is 4.10. The standard InChI is InChI=1S/C28H38F2O3/c1-9-15-33-24-17-22-21(27(5,6)13-14-28(22,7)8)16-20(24)19(4)23(29)12-11-18(3)25(30)26(31)32-10-2/h11-12,16-17H,9-10,13-15H2,1-8H3/b12-11+,23-19+,25-18-. The average Bonchev–Trinajstić information content (AvgIpc) is 2.77. The smallest absolute Gasteiger partial charge is 0.367 e. The zero-order chi connectivity index (χ0) is 25.0. The zero-order valence-corrected chi connectivity index (χ0v) is 21.3. The highest BCUT2D eigenvalue weighted by molar-refractivity contribution is 5.87. The minimum absolute atomic E-state index is 0.00665. The molecule has 33 heavy (non-hydrogen) atoms. The van der Waals surface area contributed by atoms with E-state index in [0.29, 0.717) is 23.5 Å². The van der Waals surface area contributed by atoms with Crippen molar-refractivity contribution < 1.29 is 23.0 Å². The van der Waals surface area contributed by atoms with E-state index in [1.54, 1.807) is 13.8 Å². The van der Waals surface area contributed by atoms with E-state index < -0.39 is 17.6 Å². The van der Waals surface area contributed by atoms with Crippen molar-refractivity contribution >= 4 is 11.5 Å². The number of hydrogen-bond acceptors (Lipinski definition) is 3. The summed E-state index contributed by atoms with van der Waals surface area (Å²) in [4.78, 5) is 11.6. The molecule has 0 bridgehead atoms. The molecular formula is C28H38F2O3. The van der Waals surface area contributed by atoms with Gasteiger partial charge in [-0.2, -0.15) is 4.39 Å². The maximum absolute atomic E-state index is 15.2. The molecule has 2 rings (SSSR count). The summed E-state index contributed by atoms with van der Waals surface area (Å²) in [6.07, 6.45) is 5.39. The van der Waals surface area contributed by atoms with Crippen LogP contribution in [0.2, 0.25) is 0 Å². The predicted octanol–water partition coefficient (Wildman–Crippen LogP) is 7.89. The quantitative estimate of drug-likeness (QED) is 0.225. The third-order valence-electron chi connectivity index (χ3n) is 6.46. The molecule has 0 saturated heterocycles. The van der Waals surface area contributed by atoms with Crippen LogP contribution >= 0.6 is 0 Å². The zero-order valence-electron chi connectivity index (χ0n) is 21.3. The van der Waals surface area contributed by atoms with E-state index in [0.717, 1.165) is 19.3 Å². The number of allylic oxidation sites excluding steroid dienone is 5. The number of fused-ring (bicyclic) bond motifs is 1. The van der Waals surface area contributed by atoms with Crippen LogP contribution in [0.3, 0.4) is 0 Å². The molecular weight excluding hydrogens is 422 g/mol. The lowest BCUT2D eigenvalue weighted by atomic mass is 9.62. The molecule has 0 aliphatic heterocycles. The van der Waals surface area contributed by atoms with Crippen LogP contribution in [0, 0.1) is 0 Å². The highest BCUT2D eigenvalue weighted by atomic mass is 19.1.